The first-order valence-electron chi connectivity index (χ1n) is 6.24. The number of aromatic nitrogens is 2. The van der Waals surface area contributed by atoms with Crippen LogP contribution in [0.2, 0.25) is 0 Å². The third kappa shape index (κ3) is 2.50. The van der Waals surface area contributed by atoms with Gasteiger partial charge in [0, 0.05) is 23.4 Å². The van der Waals surface area contributed by atoms with E-state index in [4.69, 9.17) is 0 Å². The first-order chi connectivity index (χ1) is 10.1. The number of hydrogen-bond acceptors (Lipinski definition) is 2. The van der Waals surface area contributed by atoms with Crippen molar-refractivity contribution >= 4 is 32.8 Å². The molecule has 0 aliphatic carbocycles. The molecule has 106 valence electrons. The van der Waals surface area contributed by atoms with Crippen LogP contribution in [0.3, 0.4) is 0 Å². The first-order valence-corrected chi connectivity index (χ1v) is 7.04. The number of carboxylic acids is 1. The van der Waals surface area contributed by atoms with Gasteiger partial charge in [-0.1, -0.05) is 28.1 Å². The van der Waals surface area contributed by atoms with Crippen molar-refractivity contribution in [1.82, 2.24) is 9.55 Å². The Morgan fingerprint density at radius 3 is 2.62 bits per heavy atom. The van der Waals surface area contributed by atoms with E-state index >= 15 is 0 Å². The summed E-state index contributed by atoms with van der Waals surface area (Å²) in [6.45, 7) is 0.501. The fraction of sp³-hybridized carbons (Fsp3) is 0.0667. The number of rotatable bonds is 3. The summed E-state index contributed by atoms with van der Waals surface area (Å²) in [4.78, 5) is 25.6. The van der Waals surface area contributed by atoms with Crippen LogP contribution in [0.5, 0.6) is 0 Å². The lowest BCUT2D eigenvalue weighted by Gasteiger charge is -2.08. The molecule has 0 fully saturated rings. The molecule has 2 heterocycles. The van der Waals surface area contributed by atoms with Gasteiger partial charge in [-0.05, 0) is 23.8 Å². The maximum Gasteiger partial charge on any atom is 0.339 e. The molecule has 1 aromatic carbocycles. The van der Waals surface area contributed by atoms with Crippen LogP contribution in [-0.2, 0) is 6.54 Å². The van der Waals surface area contributed by atoms with E-state index in [-0.39, 0.29) is 11.1 Å². The molecule has 0 amide bonds. The zero-order chi connectivity index (χ0) is 15.0. The molecule has 0 saturated heterocycles. The summed E-state index contributed by atoms with van der Waals surface area (Å²) in [6, 6.07) is 9.38. The molecule has 0 aliphatic heterocycles. The number of nitrogens with one attached hydrogen (secondary N) is 1. The third-order valence-electron chi connectivity index (χ3n) is 3.31. The standard InChI is InChI=1S/C15H11BrN2O3/c16-10-3-1-9(2-4-10)8-18-6-5-11-13(18)12(15(20)21)7-17-14(11)19/h1-7H,8H2,(H,17,19)(H,20,21). The largest absolute Gasteiger partial charge is 0.478 e. The van der Waals surface area contributed by atoms with Crippen LogP contribution in [0, 0.1) is 0 Å². The summed E-state index contributed by atoms with van der Waals surface area (Å²) < 4.78 is 2.75. The predicted molar refractivity (Wildman–Crippen MR) is 82.8 cm³/mol. The topological polar surface area (TPSA) is 75.1 Å². The number of nitrogens with zero attached hydrogens (tertiary/aromatic N) is 1. The Bertz CT molecular complexity index is 878. The first kappa shape index (κ1) is 13.6. The van der Waals surface area contributed by atoms with Crippen LogP contribution in [0.15, 0.2) is 52.0 Å². The van der Waals surface area contributed by atoms with Gasteiger partial charge in [-0.3, -0.25) is 4.79 Å². The number of fused-ring (bicyclic) bond motifs is 1. The number of aromatic amines is 1. The monoisotopic (exact) mass is 346 g/mol. The highest BCUT2D eigenvalue weighted by Crippen LogP contribution is 2.19. The van der Waals surface area contributed by atoms with Gasteiger partial charge in [-0.15, -0.1) is 0 Å². The maximum absolute atomic E-state index is 11.8. The summed E-state index contributed by atoms with van der Waals surface area (Å²) in [5.41, 5.74) is 1.26. The summed E-state index contributed by atoms with van der Waals surface area (Å²) in [5, 5.41) is 9.66. The Hall–Kier alpha value is -2.34. The van der Waals surface area contributed by atoms with Gasteiger partial charge in [0.2, 0.25) is 0 Å². The van der Waals surface area contributed by atoms with E-state index in [0.717, 1.165) is 10.0 Å². The van der Waals surface area contributed by atoms with Gasteiger partial charge in [0.05, 0.1) is 16.5 Å². The summed E-state index contributed by atoms with van der Waals surface area (Å²) in [7, 11) is 0. The molecule has 0 aliphatic rings. The average molecular weight is 347 g/mol. The molecule has 0 spiro atoms. The lowest BCUT2D eigenvalue weighted by Crippen LogP contribution is -2.11. The van der Waals surface area contributed by atoms with Crippen molar-refractivity contribution in [3.8, 4) is 0 Å². The molecular formula is C15H11BrN2O3. The second kappa shape index (κ2) is 5.21. The Labute approximate surface area is 128 Å². The molecule has 2 aromatic heterocycles. The van der Waals surface area contributed by atoms with E-state index in [9.17, 15) is 14.7 Å². The number of H-pyrrole nitrogens is 1. The van der Waals surface area contributed by atoms with Gasteiger partial charge in [-0.25, -0.2) is 4.79 Å². The van der Waals surface area contributed by atoms with E-state index in [1.165, 1.54) is 6.20 Å². The second-order valence-electron chi connectivity index (χ2n) is 4.67. The average Bonchev–Trinajstić information content (AvgIpc) is 2.86. The molecule has 3 aromatic rings. The molecule has 5 nitrogen and oxygen atoms in total. The van der Waals surface area contributed by atoms with E-state index in [0.29, 0.717) is 17.4 Å². The van der Waals surface area contributed by atoms with Crippen molar-refractivity contribution in [2.75, 3.05) is 0 Å². The molecule has 0 atom stereocenters. The highest BCUT2D eigenvalue weighted by molar-refractivity contribution is 9.10. The molecule has 2 N–H and O–H groups in total. The van der Waals surface area contributed by atoms with Gasteiger partial charge in [-0.2, -0.15) is 0 Å². The van der Waals surface area contributed by atoms with Crippen LogP contribution < -0.4 is 5.56 Å². The van der Waals surface area contributed by atoms with Gasteiger partial charge in [0.25, 0.3) is 5.56 Å². The lowest BCUT2D eigenvalue weighted by molar-refractivity contribution is 0.0698. The molecule has 0 bridgehead atoms. The highest BCUT2D eigenvalue weighted by atomic mass is 79.9. The summed E-state index contributed by atoms with van der Waals surface area (Å²) in [6.07, 6.45) is 2.97. The predicted octanol–water partition coefficient (Wildman–Crippen LogP) is 2.84. The van der Waals surface area contributed by atoms with Crippen molar-refractivity contribution < 1.29 is 9.90 Å². The fourth-order valence-electron chi connectivity index (χ4n) is 2.32. The SMILES string of the molecule is O=C(O)c1c[nH]c(=O)c2ccn(Cc3ccc(Br)cc3)c12. The number of aromatic carboxylic acids is 1. The Morgan fingerprint density at radius 2 is 1.95 bits per heavy atom. The maximum atomic E-state index is 11.8. The summed E-state index contributed by atoms with van der Waals surface area (Å²) in [5.74, 6) is -1.06. The smallest absolute Gasteiger partial charge is 0.339 e. The van der Waals surface area contributed by atoms with Crippen LogP contribution in [0.4, 0.5) is 0 Å². The number of hydrogen-bond donors (Lipinski definition) is 2. The lowest BCUT2D eigenvalue weighted by atomic mass is 10.2. The molecule has 0 unspecified atom stereocenters. The zero-order valence-electron chi connectivity index (χ0n) is 10.8. The van der Waals surface area contributed by atoms with Gasteiger partial charge >= 0.3 is 5.97 Å². The molecule has 6 heteroatoms. The normalized spacial score (nSPS) is 10.9. The molecular weight excluding hydrogens is 336 g/mol. The van der Waals surface area contributed by atoms with Crippen molar-refractivity contribution in [3.63, 3.8) is 0 Å². The van der Waals surface area contributed by atoms with Crippen molar-refractivity contribution in [2.24, 2.45) is 0 Å². The van der Waals surface area contributed by atoms with Crippen LogP contribution >= 0.6 is 15.9 Å². The molecule has 0 saturated carbocycles. The van der Waals surface area contributed by atoms with E-state index in [2.05, 4.69) is 20.9 Å². The number of carboxylic acid groups (broad SMARTS) is 1. The fourth-order valence-corrected chi connectivity index (χ4v) is 2.59. The van der Waals surface area contributed by atoms with Crippen molar-refractivity contribution in [2.45, 2.75) is 6.54 Å². The number of carbonyl (C=O) groups is 1. The summed E-state index contributed by atoms with van der Waals surface area (Å²) >= 11 is 3.37. The van der Waals surface area contributed by atoms with E-state index in [1.54, 1.807) is 16.8 Å². The minimum absolute atomic E-state index is 0.0895. The minimum Gasteiger partial charge on any atom is -0.478 e. The van der Waals surface area contributed by atoms with Gasteiger partial charge in [0.15, 0.2) is 0 Å². The second-order valence-corrected chi connectivity index (χ2v) is 5.58. The number of benzene rings is 1. The minimum atomic E-state index is -1.06. The number of halogens is 1. The van der Waals surface area contributed by atoms with Crippen LogP contribution in [0.1, 0.15) is 15.9 Å². The Kier molecular flexibility index (Phi) is 3.39. The highest BCUT2D eigenvalue weighted by Gasteiger charge is 2.15. The van der Waals surface area contributed by atoms with Crippen molar-refractivity contribution in [1.29, 1.82) is 0 Å². The zero-order valence-corrected chi connectivity index (χ0v) is 12.4. The van der Waals surface area contributed by atoms with Crippen LogP contribution in [0.25, 0.3) is 10.9 Å². The van der Waals surface area contributed by atoms with Crippen molar-refractivity contribution in [3.05, 3.63) is 68.7 Å². The quantitative estimate of drug-likeness (QED) is 0.765. The van der Waals surface area contributed by atoms with Crippen LogP contribution in [-0.4, -0.2) is 20.6 Å². The Morgan fingerprint density at radius 1 is 1.24 bits per heavy atom. The van der Waals surface area contributed by atoms with Gasteiger partial charge in [0.1, 0.15) is 0 Å². The molecule has 21 heavy (non-hydrogen) atoms. The number of pyridine rings is 1. The molecule has 3 rings (SSSR count). The third-order valence-corrected chi connectivity index (χ3v) is 3.84. The Balaban J connectivity index is 2.15. The molecule has 0 radical (unpaired) electrons. The van der Waals surface area contributed by atoms with E-state index in [1.807, 2.05) is 24.3 Å². The van der Waals surface area contributed by atoms with E-state index < -0.39 is 5.97 Å². The van der Waals surface area contributed by atoms with Gasteiger partial charge < -0.3 is 14.7 Å².